The molecule has 2 aromatic rings. The highest BCUT2D eigenvalue weighted by Gasteiger charge is 2.31. The average molecular weight is 341 g/mol. The normalized spacial score (nSPS) is 11.2. The molecule has 24 heavy (non-hydrogen) atoms. The van der Waals surface area contributed by atoms with Gasteiger partial charge in [0.2, 0.25) is 0 Å². The van der Waals surface area contributed by atoms with Crippen LogP contribution in [0.3, 0.4) is 0 Å². The molecule has 0 aliphatic heterocycles. The van der Waals surface area contributed by atoms with Gasteiger partial charge in [-0.25, -0.2) is 4.39 Å². The van der Waals surface area contributed by atoms with Crippen molar-refractivity contribution in [3.05, 3.63) is 58.9 Å². The van der Waals surface area contributed by atoms with Crippen LogP contribution in [0, 0.1) is 19.7 Å². The quantitative estimate of drug-likeness (QED) is 0.833. The van der Waals surface area contributed by atoms with Gasteiger partial charge in [0, 0.05) is 0 Å². The van der Waals surface area contributed by atoms with Crippen LogP contribution in [-0.4, -0.2) is 12.5 Å². The van der Waals surface area contributed by atoms with Crippen molar-refractivity contribution in [3.8, 4) is 5.75 Å². The Morgan fingerprint density at radius 2 is 1.88 bits per heavy atom. The van der Waals surface area contributed by atoms with Crippen LogP contribution in [0.4, 0.5) is 23.2 Å². The van der Waals surface area contributed by atoms with Gasteiger partial charge in [-0.15, -0.1) is 0 Å². The van der Waals surface area contributed by atoms with Crippen molar-refractivity contribution < 1.29 is 27.1 Å². The number of aryl methyl sites for hydroxylation is 1. The SMILES string of the molecule is Cc1cccc(OCC(=O)Nc2cc(C(F)(F)F)ccc2F)c1C. The fraction of sp³-hybridized carbons (Fsp3) is 0.235. The number of hydrogen-bond donors (Lipinski definition) is 1. The van der Waals surface area contributed by atoms with E-state index in [2.05, 4.69) is 5.32 Å². The first-order valence-corrected chi connectivity index (χ1v) is 7.04. The molecule has 0 bridgehead atoms. The lowest BCUT2D eigenvalue weighted by Gasteiger charge is -2.13. The predicted octanol–water partition coefficient (Wildman–Crippen LogP) is 4.48. The number of halogens is 4. The van der Waals surface area contributed by atoms with Gasteiger partial charge < -0.3 is 10.1 Å². The first-order valence-electron chi connectivity index (χ1n) is 7.04. The number of amides is 1. The Morgan fingerprint density at radius 3 is 2.54 bits per heavy atom. The topological polar surface area (TPSA) is 38.3 Å². The van der Waals surface area contributed by atoms with Crippen molar-refractivity contribution in [1.82, 2.24) is 0 Å². The molecule has 0 fully saturated rings. The van der Waals surface area contributed by atoms with E-state index in [0.717, 1.165) is 11.1 Å². The second-order valence-corrected chi connectivity index (χ2v) is 5.23. The van der Waals surface area contributed by atoms with Crippen molar-refractivity contribution in [1.29, 1.82) is 0 Å². The molecule has 0 saturated heterocycles. The summed E-state index contributed by atoms with van der Waals surface area (Å²) in [7, 11) is 0. The summed E-state index contributed by atoms with van der Waals surface area (Å²) in [5.41, 5.74) is 0.224. The Labute approximate surface area is 136 Å². The summed E-state index contributed by atoms with van der Waals surface area (Å²) in [5, 5.41) is 2.09. The maximum Gasteiger partial charge on any atom is 0.416 e. The second-order valence-electron chi connectivity index (χ2n) is 5.23. The molecule has 3 nitrogen and oxygen atoms in total. The van der Waals surface area contributed by atoms with Gasteiger partial charge in [0.05, 0.1) is 11.3 Å². The molecule has 0 radical (unpaired) electrons. The van der Waals surface area contributed by atoms with Crippen LogP contribution in [0.2, 0.25) is 0 Å². The summed E-state index contributed by atoms with van der Waals surface area (Å²) in [4.78, 5) is 11.8. The molecule has 0 aliphatic carbocycles. The van der Waals surface area contributed by atoms with Crippen LogP contribution >= 0.6 is 0 Å². The maximum atomic E-state index is 13.6. The van der Waals surface area contributed by atoms with Gasteiger partial charge in [0.15, 0.2) is 6.61 Å². The van der Waals surface area contributed by atoms with E-state index < -0.39 is 35.8 Å². The van der Waals surface area contributed by atoms with Crippen molar-refractivity contribution in [3.63, 3.8) is 0 Å². The molecule has 0 heterocycles. The van der Waals surface area contributed by atoms with Gasteiger partial charge in [-0.05, 0) is 49.2 Å². The van der Waals surface area contributed by atoms with Crippen molar-refractivity contribution >= 4 is 11.6 Å². The molecular weight excluding hydrogens is 326 g/mol. The van der Waals surface area contributed by atoms with Crippen molar-refractivity contribution in [2.75, 3.05) is 11.9 Å². The molecule has 0 spiro atoms. The number of rotatable bonds is 4. The van der Waals surface area contributed by atoms with Gasteiger partial charge in [-0.3, -0.25) is 4.79 Å². The third-order valence-corrected chi connectivity index (χ3v) is 3.48. The van der Waals surface area contributed by atoms with E-state index in [4.69, 9.17) is 4.74 Å². The first-order chi connectivity index (χ1) is 11.2. The molecule has 0 aromatic heterocycles. The monoisotopic (exact) mass is 341 g/mol. The van der Waals surface area contributed by atoms with E-state index in [1.165, 1.54) is 0 Å². The lowest BCUT2D eigenvalue weighted by molar-refractivity contribution is -0.137. The van der Waals surface area contributed by atoms with E-state index >= 15 is 0 Å². The zero-order chi connectivity index (χ0) is 17.9. The lowest BCUT2D eigenvalue weighted by Crippen LogP contribution is -2.21. The molecule has 0 atom stereocenters. The summed E-state index contributed by atoms with van der Waals surface area (Å²) >= 11 is 0. The highest BCUT2D eigenvalue weighted by atomic mass is 19.4. The molecule has 7 heteroatoms. The fourth-order valence-electron chi connectivity index (χ4n) is 2.01. The number of carbonyl (C=O) groups excluding carboxylic acids is 1. The van der Waals surface area contributed by atoms with Gasteiger partial charge >= 0.3 is 6.18 Å². The third kappa shape index (κ3) is 4.24. The van der Waals surface area contributed by atoms with Gasteiger partial charge in [-0.1, -0.05) is 12.1 Å². The summed E-state index contributed by atoms with van der Waals surface area (Å²) in [5.74, 6) is -1.23. The molecule has 1 amide bonds. The Bertz CT molecular complexity index is 757. The molecule has 0 saturated carbocycles. The van der Waals surface area contributed by atoms with Crippen molar-refractivity contribution in [2.24, 2.45) is 0 Å². The highest BCUT2D eigenvalue weighted by Crippen LogP contribution is 2.31. The molecule has 0 aliphatic rings. The second kappa shape index (κ2) is 6.90. The average Bonchev–Trinajstić information content (AvgIpc) is 2.50. The minimum absolute atomic E-state index is 0.444. The number of benzene rings is 2. The fourth-order valence-corrected chi connectivity index (χ4v) is 2.01. The van der Waals surface area contributed by atoms with Crippen LogP contribution in [0.1, 0.15) is 16.7 Å². The first kappa shape index (κ1) is 17.8. The summed E-state index contributed by atoms with van der Waals surface area (Å²) in [6, 6.07) is 7.11. The summed E-state index contributed by atoms with van der Waals surface area (Å²) < 4.78 is 56.8. The minimum Gasteiger partial charge on any atom is -0.483 e. The number of alkyl halides is 3. The minimum atomic E-state index is -4.62. The van der Waals surface area contributed by atoms with E-state index in [0.29, 0.717) is 23.9 Å². The number of anilines is 1. The zero-order valence-electron chi connectivity index (χ0n) is 13.0. The highest BCUT2D eigenvalue weighted by molar-refractivity contribution is 5.92. The van der Waals surface area contributed by atoms with Crippen molar-refractivity contribution in [2.45, 2.75) is 20.0 Å². The largest absolute Gasteiger partial charge is 0.483 e. The third-order valence-electron chi connectivity index (χ3n) is 3.48. The van der Waals surface area contributed by atoms with Crippen LogP contribution in [0.15, 0.2) is 36.4 Å². The molecular formula is C17H15F4NO2. The maximum absolute atomic E-state index is 13.6. The molecule has 0 unspecified atom stereocenters. The number of carbonyl (C=O) groups is 1. The molecule has 1 N–H and O–H groups in total. The van der Waals surface area contributed by atoms with Gasteiger partial charge in [0.25, 0.3) is 5.91 Å². The van der Waals surface area contributed by atoms with E-state index in [-0.39, 0.29) is 0 Å². The number of nitrogens with one attached hydrogen (secondary N) is 1. The van der Waals surface area contributed by atoms with Gasteiger partial charge in [-0.2, -0.15) is 13.2 Å². The summed E-state index contributed by atoms with van der Waals surface area (Å²) in [6.45, 7) is 3.25. The van der Waals surface area contributed by atoms with Crippen LogP contribution in [-0.2, 0) is 11.0 Å². The van der Waals surface area contributed by atoms with Crippen LogP contribution in [0.25, 0.3) is 0 Å². The van der Waals surface area contributed by atoms with Crippen LogP contribution in [0.5, 0.6) is 5.75 Å². The number of ether oxygens (including phenoxy) is 1. The molecule has 128 valence electrons. The van der Waals surface area contributed by atoms with Gasteiger partial charge in [0.1, 0.15) is 11.6 Å². The standard InChI is InChI=1S/C17H15F4NO2/c1-10-4-3-5-15(11(10)2)24-9-16(23)22-14-8-12(17(19,20)21)6-7-13(14)18/h3-8H,9H2,1-2H3,(H,22,23). The predicted molar refractivity (Wildman–Crippen MR) is 81.4 cm³/mol. The van der Waals surface area contributed by atoms with E-state index in [9.17, 15) is 22.4 Å². The molecule has 2 rings (SSSR count). The molecule has 2 aromatic carbocycles. The van der Waals surface area contributed by atoms with E-state index in [1.54, 1.807) is 12.1 Å². The smallest absolute Gasteiger partial charge is 0.416 e. The van der Waals surface area contributed by atoms with Crippen LogP contribution < -0.4 is 10.1 Å². The zero-order valence-corrected chi connectivity index (χ0v) is 13.0. The van der Waals surface area contributed by atoms with E-state index in [1.807, 2.05) is 19.9 Å². The summed E-state index contributed by atoms with van der Waals surface area (Å²) in [6.07, 6.45) is -4.62. The lowest BCUT2D eigenvalue weighted by atomic mass is 10.1. The Hall–Kier alpha value is -2.57. The Balaban J connectivity index is 2.06. The Kier molecular flexibility index (Phi) is 5.11. The Morgan fingerprint density at radius 1 is 1.17 bits per heavy atom. The number of hydrogen-bond acceptors (Lipinski definition) is 2.